The van der Waals surface area contributed by atoms with Gasteiger partial charge in [-0.15, -0.1) is 11.3 Å². The number of ether oxygens (including phenoxy) is 2. The number of aromatic hydroxyl groups is 1. The summed E-state index contributed by atoms with van der Waals surface area (Å²) in [5, 5.41) is 11.7. The fourth-order valence-electron chi connectivity index (χ4n) is 2.20. The predicted molar refractivity (Wildman–Crippen MR) is 87.9 cm³/mol. The molecular formula is C16H14N2O5S. The zero-order valence-corrected chi connectivity index (χ0v) is 13.8. The first-order valence-corrected chi connectivity index (χ1v) is 7.88. The van der Waals surface area contributed by atoms with Gasteiger partial charge in [-0.25, -0.2) is 9.78 Å². The summed E-state index contributed by atoms with van der Waals surface area (Å²) in [7, 11) is 1.46. The lowest BCUT2D eigenvalue weighted by Crippen LogP contribution is -2.16. The fourth-order valence-corrected chi connectivity index (χ4v) is 3.09. The van der Waals surface area contributed by atoms with Crippen LogP contribution >= 0.6 is 11.3 Å². The molecule has 0 saturated heterocycles. The minimum Gasteiger partial charge on any atom is -0.507 e. The van der Waals surface area contributed by atoms with Crippen molar-refractivity contribution in [2.24, 2.45) is 0 Å². The van der Waals surface area contributed by atoms with Crippen LogP contribution in [0.25, 0.3) is 4.96 Å². The zero-order chi connectivity index (χ0) is 17.3. The number of carbonyl (C=O) groups is 1. The Bertz CT molecular complexity index is 976. The molecule has 0 unspecified atom stereocenters. The second-order valence-corrected chi connectivity index (χ2v) is 5.88. The van der Waals surface area contributed by atoms with E-state index in [-0.39, 0.29) is 23.5 Å². The van der Waals surface area contributed by atoms with Gasteiger partial charge in [0.25, 0.3) is 5.56 Å². The number of methoxy groups -OCH3 is 1. The minimum atomic E-state index is -0.709. The molecule has 3 aromatic rings. The number of phenols is 1. The molecule has 0 atom stereocenters. The number of hydrogen-bond acceptors (Lipinski definition) is 7. The molecule has 2 heterocycles. The van der Waals surface area contributed by atoms with E-state index in [0.717, 1.165) is 5.69 Å². The average Bonchev–Trinajstić information content (AvgIpc) is 2.94. The van der Waals surface area contributed by atoms with E-state index in [1.807, 2.05) is 12.3 Å². The third-order valence-electron chi connectivity index (χ3n) is 3.40. The molecule has 0 aliphatic heterocycles. The van der Waals surface area contributed by atoms with Crippen molar-refractivity contribution >= 4 is 22.3 Å². The molecule has 8 heteroatoms. The number of hydrogen-bond donors (Lipinski definition) is 1. The van der Waals surface area contributed by atoms with Crippen LogP contribution in [0.5, 0.6) is 11.5 Å². The van der Waals surface area contributed by atoms with Gasteiger partial charge >= 0.3 is 5.97 Å². The van der Waals surface area contributed by atoms with E-state index in [0.29, 0.717) is 16.4 Å². The number of aryl methyl sites for hydroxylation is 1. The number of rotatable bonds is 4. The van der Waals surface area contributed by atoms with Crippen molar-refractivity contribution in [3.05, 3.63) is 57.0 Å². The summed E-state index contributed by atoms with van der Waals surface area (Å²) in [4.78, 5) is 28.9. The van der Waals surface area contributed by atoms with E-state index in [4.69, 9.17) is 9.47 Å². The van der Waals surface area contributed by atoms with Crippen molar-refractivity contribution in [1.82, 2.24) is 9.38 Å². The molecule has 0 radical (unpaired) electrons. The summed E-state index contributed by atoms with van der Waals surface area (Å²) in [6.07, 6.45) is 0. The van der Waals surface area contributed by atoms with E-state index in [1.165, 1.54) is 41.0 Å². The van der Waals surface area contributed by atoms with Crippen molar-refractivity contribution in [1.29, 1.82) is 0 Å². The first kappa shape index (κ1) is 16.0. The molecule has 24 heavy (non-hydrogen) atoms. The summed E-state index contributed by atoms with van der Waals surface area (Å²) in [6, 6.07) is 5.60. The highest BCUT2D eigenvalue weighted by molar-refractivity contribution is 7.15. The summed E-state index contributed by atoms with van der Waals surface area (Å²) in [6.45, 7) is 1.66. The molecule has 124 valence electrons. The summed E-state index contributed by atoms with van der Waals surface area (Å²) < 4.78 is 11.6. The first-order valence-electron chi connectivity index (χ1n) is 7.00. The average molecular weight is 346 g/mol. The number of nitrogens with zero attached hydrogens (tertiary/aromatic N) is 2. The van der Waals surface area contributed by atoms with Gasteiger partial charge in [-0.1, -0.05) is 0 Å². The Morgan fingerprint density at radius 2 is 2.17 bits per heavy atom. The smallest absolute Gasteiger partial charge is 0.342 e. The molecule has 0 amide bonds. The van der Waals surface area contributed by atoms with E-state index in [2.05, 4.69) is 4.98 Å². The van der Waals surface area contributed by atoms with Gasteiger partial charge in [-0.3, -0.25) is 9.20 Å². The van der Waals surface area contributed by atoms with Crippen LogP contribution in [0.15, 0.2) is 34.4 Å². The molecule has 0 saturated carbocycles. The van der Waals surface area contributed by atoms with Crippen LogP contribution in [0, 0.1) is 6.92 Å². The normalized spacial score (nSPS) is 10.8. The highest BCUT2D eigenvalue weighted by Crippen LogP contribution is 2.24. The number of benzene rings is 1. The van der Waals surface area contributed by atoms with Crippen molar-refractivity contribution in [2.75, 3.05) is 7.11 Å². The summed E-state index contributed by atoms with van der Waals surface area (Å²) in [5.41, 5.74) is 0.945. The number of fused-ring (bicyclic) bond motifs is 1. The number of carbonyl (C=O) groups excluding carboxylic acids is 1. The lowest BCUT2D eigenvalue weighted by molar-refractivity contribution is 0.0464. The number of thiazole rings is 1. The fraction of sp³-hybridized carbons (Fsp3) is 0.188. The van der Waals surface area contributed by atoms with E-state index in [1.54, 1.807) is 6.07 Å². The van der Waals surface area contributed by atoms with E-state index < -0.39 is 5.97 Å². The van der Waals surface area contributed by atoms with Gasteiger partial charge in [-0.05, 0) is 19.1 Å². The maximum absolute atomic E-state index is 12.1. The third-order valence-corrected chi connectivity index (χ3v) is 4.35. The molecule has 0 fully saturated rings. The van der Waals surface area contributed by atoms with E-state index in [9.17, 15) is 14.7 Å². The molecular weight excluding hydrogens is 332 g/mol. The van der Waals surface area contributed by atoms with Crippen molar-refractivity contribution in [2.45, 2.75) is 13.5 Å². The highest BCUT2D eigenvalue weighted by Gasteiger charge is 2.15. The Hall–Kier alpha value is -2.87. The molecule has 2 aromatic heterocycles. The van der Waals surface area contributed by atoms with Gasteiger partial charge in [0, 0.05) is 23.2 Å². The van der Waals surface area contributed by atoms with Crippen LogP contribution in [-0.2, 0) is 11.3 Å². The quantitative estimate of drug-likeness (QED) is 0.728. The molecule has 7 nitrogen and oxygen atoms in total. The largest absolute Gasteiger partial charge is 0.507 e. The molecule has 0 spiro atoms. The molecule has 0 aliphatic carbocycles. The van der Waals surface area contributed by atoms with Crippen LogP contribution in [-0.4, -0.2) is 27.6 Å². The van der Waals surface area contributed by atoms with Crippen LogP contribution in [0.2, 0.25) is 0 Å². The second-order valence-electron chi connectivity index (χ2n) is 5.04. The van der Waals surface area contributed by atoms with Crippen molar-refractivity contribution in [3.8, 4) is 11.5 Å². The van der Waals surface area contributed by atoms with Gasteiger partial charge < -0.3 is 14.6 Å². The van der Waals surface area contributed by atoms with Crippen LogP contribution in [0.4, 0.5) is 0 Å². The number of aromatic nitrogens is 2. The molecule has 3 rings (SSSR count). The number of phenolic OH excluding ortho intramolecular Hbond substituents is 1. The third kappa shape index (κ3) is 2.95. The highest BCUT2D eigenvalue weighted by atomic mass is 32.1. The predicted octanol–water partition coefficient (Wildman–Crippen LogP) is 2.14. The summed E-state index contributed by atoms with van der Waals surface area (Å²) in [5.74, 6) is -0.520. The first-order chi connectivity index (χ1) is 11.5. The van der Waals surface area contributed by atoms with E-state index >= 15 is 0 Å². The molecule has 0 bridgehead atoms. The molecule has 1 aromatic carbocycles. The SMILES string of the molecule is COc1ccc(C(=O)OCc2cc(=O)n3c(C)csc3n2)c(O)c1. The Kier molecular flexibility index (Phi) is 4.22. The van der Waals surface area contributed by atoms with Crippen LogP contribution < -0.4 is 10.3 Å². The zero-order valence-electron chi connectivity index (χ0n) is 13.0. The number of esters is 1. The van der Waals surface area contributed by atoms with Gasteiger partial charge in [0.1, 0.15) is 23.7 Å². The topological polar surface area (TPSA) is 90.1 Å². The lowest BCUT2D eigenvalue weighted by atomic mass is 10.2. The van der Waals surface area contributed by atoms with Crippen LogP contribution in [0.1, 0.15) is 21.7 Å². The maximum atomic E-state index is 12.1. The minimum absolute atomic E-state index is 0.0144. The van der Waals surface area contributed by atoms with Gasteiger partial charge in [0.15, 0.2) is 4.96 Å². The Labute approximate surface area is 140 Å². The Morgan fingerprint density at radius 3 is 2.88 bits per heavy atom. The second kappa shape index (κ2) is 6.32. The monoisotopic (exact) mass is 346 g/mol. The van der Waals surface area contributed by atoms with Crippen molar-refractivity contribution in [3.63, 3.8) is 0 Å². The van der Waals surface area contributed by atoms with Gasteiger partial charge in [0.2, 0.25) is 0 Å². The van der Waals surface area contributed by atoms with Crippen LogP contribution in [0.3, 0.4) is 0 Å². The molecule has 1 N–H and O–H groups in total. The van der Waals surface area contributed by atoms with Gasteiger partial charge in [0.05, 0.1) is 12.8 Å². The maximum Gasteiger partial charge on any atom is 0.342 e. The summed E-state index contributed by atoms with van der Waals surface area (Å²) >= 11 is 1.34. The Morgan fingerprint density at radius 1 is 1.38 bits per heavy atom. The standard InChI is InChI=1S/C16H14N2O5S/c1-9-8-24-16-17-10(5-14(20)18(9)16)7-23-15(21)12-4-3-11(22-2)6-13(12)19/h3-6,8,19H,7H2,1-2H3. The van der Waals surface area contributed by atoms with Gasteiger partial charge in [-0.2, -0.15) is 0 Å². The molecule has 0 aliphatic rings. The lowest BCUT2D eigenvalue weighted by Gasteiger charge is -2.07. The Balaban J connectivity index is 1.78. The van der Waals surface area contributed by atoms with Crippen molar-refractivity contribution < 1.29 is 19.4 Å².